The summed E-state index contributed by atoms with van der Waals surface area (Å²) >= 11 is 0. The van der Waals surface area contributed by atoms with Gasteiger partial charge in [0.2, 0.25) is 0 Å². The van der Waals surface area contributed by atoms with Crippen LogP contribution in [0.4, 0.5) is 4.39 Å². The van der Waals surface area contributed by atoms with Gasteiger partial charge < -0.3 is 10.5 Å². The van der Waals surface area contributed by atoms with Gasteiger partial charge in [0.15, 0.2) is 0 Å². The molecule has 1 heterocycles. The van der Waals surface area contributed by atoms with Crippen molar-refractivity contribution in [3.05, 3.63) is 35.3 Å². The maximum absolute atomic E-state index is 13.6. The smallest absolute Gasteiger partial charge is 0.130 e. The van der Waals surface area contributed by atoms with Gasteiger partial charge in [-0.2, -0.15) is 0 Å². The lowest BCUT2D eigenvalue weighted by molar-refractivity contribution is 0.419. The molecule has 0 saturated heterocycles. The minimum absolute atomic E-state index is 0.265. The minimum Gasteiger partial charge on any atom is -0.496 e. The number of methoxy groups -OCH3 is 1. The molecule has 0 aliphatic rings. The predicted molar refractivity (Wildman–Crippen MR) is 70.4 cm³/mol. The monoisotopic (exact) mass is 248 g/mol. The highest BCUT2D eigenvalue weighted by molar-refractivity contribution is 5.88. The number of benzene rings is 1. The fourth-order valence-electron chi connectivity index (χ4n) is 2.10. The highest BCUT2D eigenvalue weighted by atomic mass is 19.1. The molecule has 2 aromatic rings. The third kappa shape index (κ3) is 2.43. The molecule has 0 spiro atoms. The summed E-state index contributed by atoms with van der Waals surface area (Å²) in [4.78, 5) is 4.49. The van der Waals surface area contributed by atoms with Crippen LogP contribution in [-0.2, 0) is 6.42 Å². The van der Waals surface area contributed by atoms with Crippen LogP contribution in [0.5, 0.6) is 5.75 Å². The Kier molecular flexibility index (Phi) is 3.77. The van der Waals surface area contributed by atoms with E-state index in [2.05, 4.69) is 4.98 Å². The molecule has 0 fully saturated rings. The summed E-state index contributed by atoms with van der Waals surface area (Å²) in [5, 5.41) is 0.718. The number of nitrogens with two attached hydrogens (primary N) is 1. The molecule has 0 bridgehead atoms. The number of rotatable bonds is 4. The lowest BCUT2D eigenvalue weighted by Crippen LogP contribution is -2.02. The molecular formula is C14H17FN2O. The van der Waals surface area contributed by atoms with Crippen LogP contribution in [0.25, 0.3) is 10.9 Å². The molecular weight excluding hydrogens is 231 g/mol. The molecule has 96 valence electrons. The summed E-state index contributed by atoms with van der Waals surface area (Å²) in [6.07, 6.45) is 1.54. The number of halogens is 1. The minimum atomic E-state index is -0.265. The molecule has 0 aliphatic heterocycles. The van der Waals surface area contributed by atoms with Crippen LogP contribution >= 0.6 is 0 Å². The lowest BCUT2D eigenvalue weighted by Gasteiger charge is -2.10. The number of pyridine rings is 1. The summed E-state index contributed by atoms with van der Waals surface area (Å²) in [5.74, 6) is 0.393. The normalized spacial score (nSPS) is 10.9. The first kappa shape index (κ1) is 12.8. The molecule has 18 heavy (non-hydrogen) atoms. The van der Waals surface area contributed by atoms with E-state index in [0.29, 0.717) is 12.3 Å². The summed E-state index contributed by atoms with van der Waals surface area (Å²) < 4.78 is 18.9. The van der Waals surface area contributed by atoms with Gasteiger partial charge in [0.05, 0.1) is 12.6 Å². The van der Waals surface area contributed by atoms with E-state index in [1.807, 2.05) is 13.0 Å². The van der Waals surface area contributed by atoms with Gasteiger partial charge in [0, 0.05) is 17.1 Å². The predicted octanol–water partition coefficient (Wildman–Crippen LogP) is 2.58. The van der Waals surface area contributed by atoms with Gasteiger partial charge >= 0.3 is 0 Å². The Balaban J connectivity index is 2.66. The van der Waals surface area contributed by atoms with Crippen molar-refractivity contribution in [1.82, 2.24) is 4.98 Å². The van der Waals surface area contributed by atoms with Crippen LogP contribution < -0.4 is 10.5 Å². The Morgan fingerprint density at radius 3 is 2.78 bits per heavy atom. The van der Waals surface area contributed by atoms with Gasteiger partial charge in [-0.1, -0.05) is 0 Å². The van der Waals surface area contributed by atoms with Gasteiger partial charge in [-0.05, 0) is 44.0 Å². The third-order valence-corrected chi connectivity index (χ3v) is 2.92. The molecule has 0 aliphatic carbocycles. The van der Waals surface area contributed by atoms with Crippen LogP contribution in [0.1, 0.15) is 17.7 Å². The van der Waals surface area contributed by atoms with Gasteiger partial charge in [0.1, 0.15) is 11.6 Å². The number of hydrogen-bond acceptors (Lipinski definition) is 3. The van der Waals surface area contributed by atoms with Crippen LogP contribution in [-0.4, -0.2) is 18.6 Å². The van der Waals surface area contributed by atoms with Crippen molar-refractivity contribution in [2.45, 2.75) is 19.8 Å². The molecule has 1 aromatic heterocycles. The maximum atomic E-state index is 13.6. The van der Waals surface area contributed by atoms with Gasteiger partial charge in [-0.15, -0.1) is 0 Å². The van der Waals surface area contributed by atoms with Gasteiger partial charge in [0.25, 0.3) is 0 Å². The topological polar surface area (TPSA) is 48.1 Å². The van der Waals surface area contributed by atoms with Crippen LogP contribution in [0.15, 0.2) is 18.2 Å². The van der Waals surface area contributed by atoms with Crippen molar-refractivity contribution in [1.29, 1.82) is 0 Å². The summed E-state index contributed by atoms with van der Waals surface area (Å²) in [5.41, 5.74) is 8.06. The van der Waals surface area contributed by atoms with Crippen molar-refractivity contribution in [2.24, 2.45) is 5.73 Å². The van der Waals surface area contributed by atoms with E-state index in [1.54, 1.807) is 7.11 Å². The van der Waals surface area contributed by atoms with E-state index in [-0.39, 0.29) is 5.82 Å². The van der Waals surface area contributed by atoms with Crippen LogP contribution in [0.2, 0.25) is 0 Å². The van der Waals surface area contributed by atoms with Crippen molar-refractivity contribution in [3.8, 4) is 5.75 Å². The number of aromatic nitrogens is 1. The lowest BCUT2D eigenvalue weighted by atomic mass is 10.0. The number of nitrogens with zero attached hydrogens (tertiary/aromatic N) is 1. The van der Waals surface area contributed by atoms with Crippen molar-refractivity contribution < 1.29 is 9.13 Å². The van der Waals surface area contributed by atoms with Gasteiger partial charge in [-0.3, -0.25) is 4.98 Å². The first-order valence-corrected chi connectivity index (χ1v) is 5.99. The van der Waals surface area contributed by atoms with E-state index >= 15 is 0 Å². The zero-order valence-electron chi connectivity index (χ0n) is 10.7. The molecule has 0 unspecified atom stereocenters. The van der Waals surface area contributed by atoms with E-state index in [4.69, 9.17) is 10.5 Å². The van der Waals surface area contributed by atoms with Crippen LogP contribution in [0, 0.1) is 12.7 Å². The van der Waals surface area contributed by atoms with E-state index in [1.165, 1.54) is 12.1 Å². The number of fused-ring (bicyclic) bond motifs is 1. The molecule has 0 amide bonds. The van der Waals surface area contributed by atoms with E-state index < -0.39 is 0 Å². The fourth-order valence-corrected chi connectivity index (χ4v) is 2.10. The summed E-state index contributed by atoms with van der Waals surface area (Å²) in [6, 6.07) is 4.81. The quantitative estimate of drug-likeness (QED) is 0.904. The molecule has 0 atom stereocenters. The molecule has 0 radical (unpaired) electrons. The van der Waals surface area contributed by atoms with Crippen molar-refractivity contribution in [2.75, 3.05) is 13.7 Å². The Morgan fingerprint density at radius 1 is 1.33 bits per heavy atom. The zero-order valence-corrected chi connectivity index (χ0v) is 10.7. The SMILES string of the molecule is COc1cc(C)nc2c(CCCN)cc(F)cc12. The van der Waals surface area contributed by atoms with Crippen molar-refractivity contribution in [3.63, 3.8) is 0 Å². The molecule has 1 aromatic carbocycles. The third-order valence-electron chi connectivity index (χ3n) is 2.92. The Labute approximate surface area is 106 Å². The Bertz CT molecular complexity index is 569. The van der Waals surface area contributed by atoms with E-state index in [0.717, 1.165) is 35.0 Å². The Morgan fingerprint density at radius 2 is 2.11 bits per heavy atom. The average molecular weight is 248 g/mol. The maximum Gasteiger partial charge on any atom is 0.130 e. The second kappa shape index (κ2) is 5.31. The highest BCUT2D eigenvalue weighted by Crippen LogP contribution is 2.29. The molecule has 2 N–H and O–H groups in total. The number of ether oxygens (including phenoxy) is 1. The van der Waals surface area contributed by atoms with Crippen molar-refractivity contribution >= 4 is 10.9 Å². The molecule has 0 saturated carbocycles. The highest BCUT2D eigenvalue weighted by Gasteiger charge is 2.10. The standard InChI is InChI=1S/C14H17FN2O/c1-9-6-13(18-2)12-8-11(15)7-10(4-3-5-16)14(12)17-9/h6-8H,3-5,16H2,1-2H3. The van der Waals surface area contributed by atoms with E-state index in [9.17, 15) is 4.39 Å². The van der Waals surface area contributed by atoms with Crippen LogP contribution in [0.3, 0.4) is 0 Å². The largest absolute Gasteiger partial charge is 0.496 e. The number of hydrogen-bond donors (Lipinski definition) is 1. The molecule has 2 rings (SSSR count). The first-order chi connectivity index (χ1) is 8.65. The zero-order chi connectivity index (χ0) is 13.1. The fraction of sp³-hybridized carbons (Fsp3) is 0.357. The summed E-state index contributed by atoms with van der Waals surface area (Å²) in [6.45, 7) is 2.49. The Hall–Kier alpha value is -1.68. The van der Waals surface area contributed by atoms with Gasteiger partial charge in [-0.25, -0.2) is 4.39 Å². The average Bonchev–Trinajstić information content (AvgIpc) is 2.35. The number of aryl methyl sites for hydroxylation is 2. The summed E-state index contributed by atoms with van der Waals surface area (Å²) in [7, 11) is 1.58. The second-order valence-electron chi connectivity index (χ2n) is 4.32. The molecule has 3 nitrogen and oxygen atoms in total. The second-order valence-corrected chi connectivity index (χ2v) is 4.32. The first-order valence-electron chi connectivity index (χ1n) is 5.99. The molecule has 4 heteroatoms.